The van der Waals surface area contributed by atoms with Gasteiger partial charge in [0.25, 0.3) is 0 Å². The van der Waals surface area contributed by atoms with Crippen LogP contribution in [0.2, 0.25) is 5.02 Å². The van der Waals surface area contributed by atoms with Crippen molar-refractivity contribution in [2.24, 2.45) is 4.99 Å². The maximum Gasteiger partial charge on any atom is 0.238 e. The number of ether oxygens (including phenoxy) is 2. The molecule has 0 unspecified atom stereocenters. The van der Waals surface area contributed by atoms with Crippen LogP contribution in [0.15, 0.2) is 97.5 Å². The number of furan rings is 3. The van der Waals surface area contributed by atoms with Crippen molar-refractivity contribution in [1.82, 2.24) is 0 Å². The van der Waals surface area contributed by atoms with Gasteiger partial charge < -0.3 is 22.7 Å². The Morgan fingerprint density at radius 1 is 0.946 bits per heavy atom. The highest BCUT2D eigenvalue weighted by atomic mass is 35.5. The second-order valence-electron chi connectivity index (χ2n) is 7.83. The Balaban J connectivity index is 1.45. The maximum atomic E-state index is 9.93. The molecule has 0 atom stereocenters. The summed E-state index contributed by atoms with van der Waals surface area (Å²) in [6.07, 6.45) is 4.66. The molecule has 0 radical (unpaired) electrons. The topological polar surface area (TPSA) is 94.0 Å². The van der Waals surface area contributed by atoms with Crippen LogP contribution < -0.4 is 9.47 Å². The number of aliphatic imine (C=N–C) groups is 1. The smallest absolute Gasteiger partial charge is 0.238 e. The molecule has 0 saturated heterocycles. The van der Waals surface area contributed by atoms with E-state index in [0.29, 0.717) is 52.6 Å². The average Bonchev–Trinajstić information content (AvgIpc) is 3.68. The fraction of sp³-hybridized carbons (Fsp3) is 0.103. The molecule has 0 saturated carbocycles. The number of benzene rings is 2. The molecular formula is C29H21ClN2O5. The zero-order valence-electron chi connectivity index (χ0n) is 19.8. The molecule has 0 aliphatic carbocycles. The summed E-state index contributed by atoms with van der Waals surface area (Å²) in [6, 6.07) is 22.1. The highest BCUT2D eigenvalue weighted by molar-refractivity contribution is 6.31. The first kappa shape index (κ1) is 24.0. The molecule has 8 heteroatoms. The normalized spacial score (nSPS) is 11.1. The second kappa shape index (κ2) is 10.9. The van der Waals surface area contributed by atoms with E-state index in [9.17, 15) is 5.26 Å². The highest BCUT2D eigenvalue weighted by Gasteiger charge is 2.26. The van der Waals surface area contributed by atoms with Crippen molar-refractivity contribution in [3.8, 4) is 40.4 Å². The monoisotopic (exact) mass is 512 g/mol. The number of halogens is 1. The summed E-state index contributed by atoms with van der Waals surface area (Å²) < 4.78 is 28.8. The third-order valence-electron chi connectivity index (χ3n) is 5.45. The molecule has 3 aromatic heterocycles. The standard InChI is InChI=1S/C29H21ClN2O5/c1-2-33-26-15-19(11-12-23(26)36-18-20-7-3-4-8-22(20)30)17-32-29-21(16-31)27(24-9-5-13-34-24)28(37-29)25-10-6-14-35-25/h3-15,17H,2,18H2,1H3. The Morgan fingerprint density at radius 3 is 2.43 bits per heavy atom. The second-order valence-corrected chi connectivity index (χ2v) is 8.24. The van der Waals surface area contributed by atoms with E-state index in [0.717, 1.165) is 11.1 Å². The van der Waals surface area contributed by atoms with E-state index in [4.69, 9.17) is 34.3 Å². The van der Waals surface area contributed by atoms with E-state index in [-0.39, 0.29) is 11.4 Å². The Hall–Kier alpha value is -4.67. The first-order chi connectivity index (χ1) is 18.2. The van der Waals surface area contributed by atoms with Crippen molar-refractivity contribution < 1.29 is 22.7 Å². The van der Waals surface area contributed by atoms with Gasteiger partial charge in [0.2, 0.25) is 5.88 Å². The molecule has 5 aromatic rings. The minimum atomic E-state index is 0.136. The van der Waals surface area contributed by atoms with Crippen LogP contribution in [0.1, 0.15) is 23.6 Å². The van der Waals surface area contributed by atoms with Gasteiger partial charge in [-0.25, -0.2) is 4.99 Å². The van der Waals surface area contributed by atoms with Crippen LogP contribution in [0.25, 0.3) is 22.8 Å². The molecule has 3 heterocycles. The van der Waals surface area contributed by atoms with Crippen molar-refractivity contribution in [2.75, 3.05) is 6.61 Å². The van der Waals surface area contributed by atoms with Gasteiger partial charge >= 0.3 is 0 Å². The molecule has 0 aliphatic rings. The van der Waals surface area contributed by atoms with E-state index in [1.807, 2.05) is 43.3 Å². The van der Waals surface area contributed by atoms with Gasteiger partial charge in [-0.15, -0.1) is 0 Å². The number of hydrogen-bond donors (Lipinski definition) is 0. The molecule has 0 amide bonds. The van der Waals surface area contributed by atoms with Crippen molar-refractivity contribution in [3.63, 3.8) is 0 Å². The Kier molecular flexibility index (Phi) is 7.11. The third-order valence-corrected chi connectivity index (χ3v) is 5.82. The van der Waals surface area contributed by atoms with Gasteiger partial charge in [-0.05, 0) is 61.0 Å². The predicted molar refractivity (Wildman–Crippen MR) is 139 cm³/mol. The number of rotatable bonds is 9. The molecule has 0 spiro atoms. The van der Waals surface area contributed by atoms with Crippen LogP contribution in [0.4, 0.5) is 5.88 Å². The van der Waals surface area contributed by atoms with E-state index >= 15 is 0 Å². The van der Waals surface area contributed by atoms with Crippen molar-refractivity contribution in [2.45, 2.75) is 13.5 Å². The lowest BCUT2D eigenvalue weighted by atomic mass is 10.1. The summed E-state index contributed by atoms with van der Waals surface area (Å²) in [7, 11) is 0. The van der Waals surface area contributed by atoms with E-state index in [2.05, 4.69) is 11.1 Å². The Bertz CT molecular complexity index is 1560. The molecule has 37 heavy (non-hydrogen) atoms. The fourth-order valence-corrected chi connectivity index (χ4v) is 3.94. The largest absolute Gasteiger partial charge is 0.490 e. The summed E-state index contributed by atoms with van der Waals surface area (Å²) in [6.45, 7) is 2.65. The molecule has 5 rings (SSSR count). The summed E-state index contributed by atoms with van der Waals surface area (Å²) in [5, 5.41) is 10.6. The summed E-state index contributed by atoms with van der Waals surface area (Å²) in [5.74, 6) is 2.58. The Labute approximate surface area is 218 Å². The third kappa shape index (κ3) is 5.15. The SMILES string of the molecule is CCOc1cc(C=Nc2oc(-c3ccco3)c(-c3ccco3)c2C#N)ccc1OCc1ccccc1Cl. The van der Waals surface area contributed by atoms with E-state index in [1.54, 1.807) is 36.5 Å². The Morgan fingerprint density at radius 2 is 1.73 bits per heavy atom. The molecule has 0 aliphatic heterocycles. The first-order valence-corrected chi connectivity index (χ1v) is 11.9. The van der Waals surface area contributed by atoms with Crippen molar-refractivity contribution in [3.05, 3.63) is 101 Å². The lowest BCUT2D eigenvalue weighted by Crippen LogP contribution is -2.01. The van der Waals surface area contributed by atoms with Gasteiger partial charge in [0, 0.05) is 16.8 Å². The van der Waals surface area contributed by atoms with Gasteiger partial charge in [-0.2, -0.15) is 5.26 Å². The van der Waals surface area contributed by atoms with Gasteiger partial charge in [-0.1, -0.05) is 29.8 Å². The van der Waals surface area contributed by atoms with Gasteiger partial charge in [0.15, 0.2) is 23.0 Å². The summed E-state index contributed by atoms with van der Waals surface area (Å²) in [5.41, 5.74) is 2.32. The van der Waals surface area contributed by atoms with Crippen LogP contribution in [0, 0.1) is 11.3 Å². The van der Waals surface area contributed by atoms with Gasteiger partial charge in [-0.3, -0.25) is 0 Å². The molecule has 0 N–H and O–H groups in total. The minimum absolute atomic E-state index is 0.136. The lowest BCUT2D eigenvalue weighted by Gasteiger charge is -2.13. The fourth-order valence-electron chi connectivity index (χ4n) is 3.75. The van der Waals surface area contributed by atoms with Crippen LogP contribution in [-0.4, -0.2) is 12.8 Å². The maximum absolute atomic E-state index is 9.93. The van der Waals surface area contributed by atoms with E-state index in [1.165, 1.54) is 12.5 Å². The van der Waals surface area contributed by atoms with Crippen LogP contribution in [0.5, 0.6) is 11.5 Å². The summed E-state index contributed by atoms with van der Waals surface area (Å²) >= 11 is 6.25. The number of nitriles is 1. The van der Waals surface area contributed by atoms with Gasteiger partial charge in [0.05, 0.1) is 24.7 Å². The van der Waals surface area contributed by atoms with Crippen LogP contribution >= 0.6 is 11.6 Å². The minimum Gasteiger partial charge on any atom is -0.490 e. The van der Waals surface area contributed by atoms with Crippen LogP contribution in [-0.2, 0) is 6.61 Å². The van der Waals surface area contributed by atoms with Gasteiger partial charge in [0.1, 0.15) is 24.0 Å². The molecule has 184 valence electrons. The highest BCUT2D eigenvalue weighted by Crippen LogP contribution is 2.43. The van der Waals surface area contributed by atoms with Crippen molar-refractivity contribution in [1.29, 1.82) is 5.26 Å². The molecule has 2 aromatic carbocycles. The number of hydrogen-bond acceptors (Lipinski definition) is 7. The predicted octanol–water partition coefficient (Wildman–Crippen LogP) is 8.05. The van der Waals surface area contributed by atoms with Crippen LogP contribution in [0.3, 0.4) is 0 Å². The molecule has 0 fully saturated rings. The zero-order chi connectivity index (χ0) is 25.6. The first-order valence-electron chi connectivity index (χ1n) is 11.5. The quantitative estimate of drug-likeness (QED) is 0.185. The zero-order valence-corrected chi connectivity index (χ0v) is 20.6. The molecule has 7 nitrogen and oxygen atoms in total. The van der Waals surface area contributed by atoms with E-state index < -0.39 is 0 Å². The number of nitrogens with zero attached hydrogens (tertiary/aromatic N) is 2. The molecule has 0 bridgehead atoms. The summed E-state index contributed by atoms with van der Waals surface area (Å²) in [4.78, 5) is 4.47. The van der Waals surface area contributed by atoms with Crippen molar-refractivity contribution >= 4 is 23.7 Å². The molecular weight excluding hydrogens is 492 g/mol. The average molecular weight is 513 g/mol. The lowest BCUT2D eigenvalue weighted by molar-refractivity contribution is 0.269.